The topological polar surface area (TPSA) is 44.2 Å². The molecule has 0 unspecified atom stereocenters. The van der Waals surface area contributed by atoms with Crippen molar-refractivity contribution in [3.8, 4) is 67.4 Å². The van der Waals surface area contributed by atoms with E-state index in [0.717, 1.165) is 111 Å². The van der Waals surface area contributed by atoms with Crippen LogP contribution in [0.2, 0.25) is 0 Å². The van der Waals surface area contributed by atoms with Crippen LogP contribution in [0.25, 0.3) is 99.2 Å². The van der Waals surface area contributed by atoms with E-state index < -0.39 is 0 Å². The van der Waals surface area contributed by atoms with Gasteiger partial charge in [0.25, 0.3) is 0 Å². The summed E-state index contributed by atoms with van der Waals surface area (Å²) in [5, 5.41) is 6.72. The molecule has 0 saturated carbocycles. The molecule has 2 heterocycles. The summed E-state index contributed by atoms with van der Waals surface area (Å²) in [5.74, 6) is 1.59. The summed E-state index contributed by atoms with van der Waals surface area (Å²) in [6.45, 7) is 0. The molecule has 4 nitrogen and oxygen atoms in total. The highest BCUT2D eigenvalue weighted by Crippen LogP contribution is 2.46. The van der Waals surface area contributed by atoms with Crippen molar-refractivity contribution in [1.29, 1.82) is 0 Å². The predicted octanol–water partition coefficient (Wildman–Crippen LogP) is 13.4. The van der Waals surface area contributed by atoms with E-state index in [1.807, 2.05) is 24.3 Å². The van der Waals surface area contributed by atoms with Crippen LogP contribution in [0.5, 0.6) is 11.5 Å². The molecule has 2 aromatic heterocycles. The number of benzene rings is 8. The van der Waals surface area contributed by atoms with Crippen LogP contribution < -0.4 is 9.47 Å². The molecule has 0 saturated heterocycles. The molecule has 0 spiro atoms. The molecule has 0 atom stereocenters. The third-order valence-electron chi connectivity index (χ3n) is 10.9. The molecule has 0 aliphatic heterocycles. The van der Waals surface area contributed by atoms with Gasteiger partial charge >= 0.3 is 0 Å². The quantitative estimate of drug-likeness (QED) is 0.164. The first-order valence-electron chi connectivity index (χ1n) is 18.8. The van der Waals surface area contributed by atoms with Crippen LogP contribution in [0.1, 0.15) is 0 Å². The number of para-hydroxylation sites is 2. The Morgan fingerprint density at radius 3 is 1.12 bits per heavy atom. The standard InChI is InChI=1S/C52H36N2O2/c1-55-49-29-23-41-31-39(33-11-15-37(16-12-33)47-27-21-35-7-3-5-9-45(35)53-47)19-25-43(41)51(49)52-44-26-20-40(32-42(44)24-30-50(52)56-2)34-13-17-38(18-14-34)48-28-22-36-8-4-6-10-46(36)54-48/h3-32H,1-2H3. The molecule has 0 amide bonds. The first-order chi connectivity index (χ1) is 27.6. The second kappa shape index (κ2) is 13.8. The Bertz CT molecular complexity index is 2880. The average molecular weight is 721 g/mol. The van der Waals surface area contributed by atoms with E-state index in [1.54, 1.807) is 14.2 Å². The number of rotatable bonds is 7. The third kappa shape index (κ3) is 5.89. The fourth-order valence-corrected chi connectivity index (χ4v) is 7.96. The summed E-state index contributed by atoms with van der Waals surface area (Å²) in [4.78, 5) is 9.79. The monoisotopic (exact) mass is 720 g/mol. The van der Waals surface area contributed by atoms with Gasteiger partial charge in [0.15, 0.2) is 0 Å². The number of nitrogens with zero attached hydrogens (tertiary/aromatic N) is 2. The van der Waals surface area contributed by atoms with Crippen molar-refractivity contribution >= 4 is 43.4 Å². The lowest BCUT2D eigenvalue weighted by molar-refractivity contribution is 0.411. The Morgan fingerprint density at radius 2 is 0.696 bits per heavy atom. The van der Waals surface area contributed by atoms with Crippen molar-refractivity contribution in [2.24, 2.45) is 0 Å². The largest absolute Gasteiger partial charge is 0.496 e. The molecule has 4 heteroatoms. The lowest BCUT2D eigenvalue weighted by Gasteiger charge is -2.18. The number of aromatic nitrogens is 2. The summed E-state index contributed by atoms with van der Waals surface area (Å²) in [6.07, 6.45) is 0. The van der Waals surface area contributed by atoms with Crippen LogP contribution >= 0.6 is 0 Å². The van der Waals surface area contributed by atoms with Gasteiger partial charge in [0, 0.05) is 33.0 Å². The van der Waals surface area contributed by atoms with Crippen molar-refractivity contribution < 1.29 is 9.47 Å². The summed E-state index contributed by atoms with van der Waals surface area (Å²) < 4.78 is 12.1. The van der Waals surface area contributed by atoms with E-state index >= 15 is 0 Å². The molecular formula is C52H36N2O2. The van der Waals surface area contributed by atoms with Crippen LogP contribution in [-0.2, 0) is 0 Å². The van der Waals surface area contributed by atoms with Crippen LogP contribution in [0.4, 0.5) is 0 Å². The van der Waals surface area contributed by atoms with Crippen molar-refractivity contribution in [2.45, 2.75) is 0 Å². The van der Waals surface area contributed by atoms with Gasteiger partial charge in [-0.3, -0.25) is 0 Å². The third-order valence-corrected chi connectivity index (χ3v) is 10.9. The van der Waals surface area contributed by atoms with Crippen LogP contribution in [0, 0.1) is 0 Å². The highest BCUT2D eigenvalue weighted by atomic mass is 16.5. The minimum absolute atomic E-state index is 0.797. The van der Waals surface area contributed by atoms with E-state index in [4.69, 9.17) is 19.4 Å². The lowest BCUT2D eigenvalue weighted by atomic mass is 9.89. The van der Waals surface area contributed by atoms with E-state index in [1.165, 1.54) is 0 Å². The number of pyridine rings is 2. The molecule has 0 fully saturated rings. The number of fused-ring (bicyclic) bond motifs is 4. The van der Waals surface area contributed by atoms with E-state index in [0.29, 0.717) is 0 Å². The number of hydrogen-bond donors (Lipinski definition) is 0. The van der Waals surface area contributed by atoms with Gasteiger partial charge in [0.2, 0.25) is 0 Å². The van der Waals surface area contributed by atoms with Gasteiger partial charge in [0.1, 0.15) is 11.5 Å². The second-order valence-electron chi connectivity index (χ2n) is 14.1. The molecule has 10 rings (SSSR count). The fourth-order valence-electron chi connectivity index (χ4n) is 7.96. The highest BCUT2D eigenvalue weighted by molar-refractivity contribution is 6.11. The van der Waals surface area contributed by atoms with E-state index in [9.17, 15) is 0 Å². The zero-order chi connectivity index (χ0) is 37.6. The SMILES string of the molecule is COc1ccc2cc(-c3ccc(-c4ccc5ccccc5n4)cc3)ccc2c1-c1c(OC)ccc2cc(-c3ccc(-c4ccc5ccccc5n4)cc3)ccc12. The van der Waals surface area contributed by atoms with Gasteiger partial charge in [-0.15, -0.1) is 0 Å². The molecule has 56 heavy (non-hydrogen) atoms. The van der Waals surface area contributed by atoms with Gasteiger partial charge in [-0.1, -0.05) is 133 Å². The first-order valence-corrected chi connectivity index (χ1v) is 18.8. The minimum atomic E-state index is 0.797. The maximum Gasteiger partial charge on any atom is 0.127 e. The molecule has 266 valence electrons. The molecule has 0 radical (unpaired) electrons. The zero-order valence-corrected chi connectivity index (χ0v) is 31.0. The van der Waals surface area contributed by atoms with Crippen molar-refractivity contribution in [3.63, 3.8) is 0 Å². The second-order valence-corrected chi connectivity index (χ2v) is 14.1. The van der Waals surface area contributed by atoms with Crippen LogP contribution in [-0.4, -0.2) is 24.2 Å². The highest BCUT2D eigenvalue weighted by Gasteiger charge is 2.19. The Hall–Kier alpha value is -7.30. The Morgan fingerprint density at radius 1 is 0.321 bits per heavy atom. The summed E-state index contributed by atoms with van der Waals surface area (Å²) in [5.41, 5.74) is 12.7. The van der Waals surface area contributed by atoms with Crippen LogP contribution in [0.3, 0.4) is 0 Å². The van der Waals surface area contributed by atoms with Crippen molar-refractivity contribution in [3.05, 3.63) is 182 Å². The Kier molecular flexibility index (Phi) is 8.23. The normalized spacial score (nSPS) is 11.4. The summed E-state index contributed by atoms with van der Waals surface area (Å²) >= 11 is 0. The van der Waals surface area contributed by atoms with Gasteiger partial charge in [0.05, 0.1) is 36.6 Å². The molecule has 0 aliphatic carbocycles. The van der Waals surface area contributed by atoms with Crippen molar-refractivity contribution in [2.75, 3.05) is 14.2 Å². The predicted molar refractivity (Wildman–Crippen MR) is 232 cm³/mol. The smallest absolute Gasteiger partial charge is 0.127 e. The van der Waals surface area contributed by atoms with Crippen molar-refractivity contribution in [1.82, 2.24) is 9.97 Å². The number of methoxy groups -OCH3 is 2. The first kappa shape index (κ1) is 33.3. The van der Waals surface area contributed by atoms with E-state index in [2.05, 4.69) is 158 Å². The summed E-state index contributed by atoms with van der Waals surface area (Å²) in [7, 11) is 3.47. The molecule has 0 N–H and O–H groups in total. The van der Waals surface area contributed by atoms with Crippen LogP contribution in [0.15, 0.2) is 182 Å². The average Bonchev–Trinajstić information content (AvgIpc) is 3.27. The molecule has 8 aromatic carbocycles. The molecular weight excluding hydrogens is 685 g/mol. The van der Waals surface area contributed by atoms with Gasteiger partial charge in [-0.05, 0) is 92.3 Å². The molecule has 0 bridgehead atoms. The Labute approximate surface area is 325 Å². The Balaban J connectivity index is 1.00. The number of hydrogen-bond acceptors (Lipinski definition) is 4. The van der Waals surface area contributed by atoms with Gasteiger partial charge < -0.3 is 9.47 Å². The fraction of sp³-hybridized carbons (Fsp3) is 0.0385. The molecule has 0 aliphatic rings. The maximum atomic E-state index is 6.05. The lowest BCUT2D eigenvalue weighted by Crippen LogP contribution is -1.95. The maximum absolute atomic E-state index is 6.05. The minimum Gasteiger partial charge on any atom is -0.496 e. The number of ether oxygens (including phenoxy) is 2. The zero-order valence-electron chi connectivity index (χ0n) is 31.0. The molecule has 10 aromatic rings. The van der Waals surface area contributed by atoms with Gasteiger partial charge in [-0.25, -0.2) is 9.97 Å². The van der Waals surface area contributed by atoms with Gasteiger partial charge in [-0.2, -0.15) is 0 Å². The summed E-state index contributed by atoms with van der Waals surface area (Å²) in [6, 6.07) is 64.0. The van der Waals surface area contributed by atoms with E-state index in [-0.39, 0.29) is 0 Å².